The maximum absolute atomic E-state index is 11.0. The van der Waals surface area contributed by atoms with Crippen molar-refractivity contribution in [3.63, 3.8) is 0 Å². The van der Waals surface area contributed by atoms with Gasteiger partial charge in [0.05, 0.1) is 81.9 Å². The molecule has 0 saturated carbocycles. The van der Waals surface area contributed by atoms with Crippen molar-refractivity contribution in [1.82, 2.24) is 0 Å². The SMILES string of the molecule is CCC(OC(C)=O)C(=O)OC(C)=O.CCC(OC(C)=O)C(=O)OC(C)=O.C[N+](C)(C)CCO.C[N+](C)(C)CCO.O=C([O-])CC(=O)[O-].OCC(O)CO.OCC(O)CO. The Morgan fingerprint density at radius 2 is 0.729 bits per heavy atom. The van der Waals surface area contributed by atoms with E-state index in [-0.39, 0.29) is 52.5 Å². The maximum atomic E-state index is 11.0. The highest BCUT2D eigenvalue weighted by Crippen LogP contribution is 2.02. The Labute approximate surface area is 345 Å². The number of likely N-dealkylation sites (N-methyl/N-ethyl adjacent to an activating group) is 2. The fourth-order valence-electron chi connectivity index (χ4n) is 2.24. The number of carbonyl (C=O) groups is 8. The minimum Gasteiger partial charge on any atom is -0.550 e. The lowest BCUT2D eigenvalue weighted by atomic mass is 10.3. The Balaban J connectivity index is -0.000000110. The number of aliphatic hydroxyl groups is 8. The summed E-state index contributed by atoms with van der Waals surface area (Å²) in [4.78, 5) is 82.3. The Morgan fingerprint density at radius 3 is 0.797 bits per heavy atom. The summed E-state index contributed by atoms with van der Waals surface area (Å²) in [5, 5.41) is 83.4. The molecule has 24 heteroatoms. The Bertz CT molecular complexity index is 1040. The van der Waals surface area contributed by atoms with Crippen LogP contribution in [0.1, 0.15) is 60.8 Å². The molecular formula is C35H70N2O22. The van der Waals surface area contributed by atoms with Gasteiger partial charge in [0.2, 0.25) is 0 Å². The lowest BCUT2D eigenvalue weighted by Gasteiger charge is -2.21. The van der Waals surface area contributed by atoms with Crippen LogP contribution in [0.4, 0.5) is 0 Å². The Hall–Kier alpha value is -4.24. The van der Waals surface area contributed by atoms with Gasteiger partial charge in [-0.15, -0.1) is 0 Å². The van der Waals surface area contributed by atoms with Crippen LogP contribution < -0.4 is 10.2 Å². The number of aliphatic carboxylic acids is 2. The summed E-state index contributed by atoms with van der Waals surface area (Å²) in [7, 11) is 12.3. The van der Waals surface area contributed by atoms with Crippen molar-refractivity contribution in [2.24, 2.45) is 0 Å². The third-order valence-corrected chi connectivity index (χ3v) is 5.05. The molecule has 0 saturated heterocycles. The Kier molecular flexibility index (Phi) is 51.0. The maximum Gasteiger partial charge on any atom is 0.355 e. The third-order valence-electron chi connectivity index (χ3n) is 5.05. The van der Waals surface area contributed by atoms with E-state index < -0.39 is 78.6 Å². The van der Waals surface area contributed by atoms with E-state index in [4.69, 9.17) is 40.9 Å². The number of hydrogen-bond donors (Lipinski definition) is 8. The minimum absolute atomic E-state index is 0.281. The normalized spacial score (nSPS) is 10.9. The molecule has 0 aliphatic rings. The molecule has 0 heterocycles. The second kappa shape index (κ2) is 43.3. The first kappa shape index (κ1) is 69.4. The Morgan fingerprint density at radius 1 is 0.492 bits per heavy atom. The van der Waals surface area contributed by atoms with Crippen molar-refractivity contribution in [2.75, 3.05) is 95.0 Å². The molecule has 0 radical (unpaired) electrons. The monoisotopic (exact) mass is 870 g/mol. The molecule has 0 aliphatic carbocycles. The van der Waals surface area contributed by atoms with E-state index in [0.717, 1.165) is 35.9 Å². The average Bonchev–Trinajstić information content (AvgIpc) is 3.08. The predicted molar refractivity (Wildman–Crippen MR) is 200 cm³/mol. The van der Waals surface area contributed by atoms with Crippen molar-refractivity contribution in [3.05, 3.63) is 0 Å². The molecule has 24 nitrogen and oxygen atoms in total. The number of hydrogen-bond acceptors (Lipinski definition) is 22. The van der Waals surface area contributed by atoms with Crippen LogP contribution in [0.25, 0.3) is 0 Å². The van der Waals surface area contributed by atoms with Crippen molar-refractivity contribution < 1.29 is 117 Å². The second-order valence-corrected chi connectivity index (χ2v) is 13.3. The molecule has 0 aromatic rings. The highest BCUT2D eigenvalue weighted by atomic mass is 16.6. The summed E-state index contributed by atoms with van der Waals surface area (Å²) in [6, 6.07) is 0. The number of carboxylic acids is 2. The quantitative estimate of drug-likeness (QED) is 0.0309. The van der Waals surface area contributed by atoms with Crippen LogP contribution >= 0.6 is 0 Å². The highest BCUT2D eigenvalue weighted by Gasteiger charge is 2.23. The smallest absolute Gasteiger partial charge is 0.355 e. The van der Waals surface area contributed by atoms with E-state index in [1.54, 1.807) is 13.8 Å². The summed E-state index contributed by atoms with van der Waals surface area (Å²) in [5.74, 6) is -7.48. The molecule has 352 valence electrons. The first-order valence-electron chi connectivity index (χ1n) is 17.6. The van der Waals surface area contributed by atoms with Crippen LogP contribution in [0.2, 0.25) is 0 Å². The van der Waals surface area contributed by atoms with E-state index in [1.807, 2.05) is 0 Å². The topological polar surface area (TPSA) is 381 Å². The van der Waals surface area contributed by atoms with Gasteiger partial charge in [0.1, 0.15) is 25.3 Å². The first-order chi connectivity index (χ1) is 26.8. The van der Waals surface area contributed by atoms with Crippen LogP contribution in [0.15, 0.2) is 0 Å². The molecule has 0 spiro atoms. The fraction of sp³-hybridized carbons (Fsp3) is 0.771. The van der Waals surface area contributed by atoms with Crippen molar-refractivity contribution in [1.29, 1.82) is 0 Å². The van der Waals surface area contributed by atoms with Gasteiger partial charge < -0.3 is 88.6 Å². The van der Waals surface area contributed by atoms with Gasteiger partial charge in [-0.05, 0) is 12.8 Å². The van der Waals surface area contributed by atoms with Gasteiger partial charge in [-0.1, -0.05) is 13.8 Å². The van der Waals surface area contributed by atoms with Gasteiger partial charge in [0, 0.05) is 46.1 Å². The number of esters is 6. The summed E-state index contributed by atoms with van der Waals surface area (Å²) >= 11 is 0. The lowest BCUT2D eigenvalue weighted by molar-refractivity contribution is -0.870. The summed E-state index contributed by atoms with van der Waals surface area (Å²) in [5.41, 5.74) is 0. The number of aliphatic hydroxyl groups excluding tert-OH is 8. The van der Waals surface area contributed by atoms with E-state index in [1.165, 1.54) is 13.8 Å². The molecule has 59 heavy (non-hydrogen) atoms. The summed E-state index contributed by atoms with van der Waals surface area (Å²) in [6.45, 7) is 8.65. The van der Waals surface area contributed by atoms with Gasteiger partial charge in [-0.25, -0.2) is 9.59 Å². The predicted octanol–water partition coefficient (Wildman–Crippen LogP) is -6.25. The minimum atomic E-state index is -1.63. The van der Waals surface area contributed by atoms with Crippen molar-refractivity contribution in [3.8, 4) is 0 Å². The molecule has 0 bridgehead atoms. The van der Waals surface area contributed by atoms with Crippen LogP contribution in [-0.4, -0.2) is 217 Å². The van der Waals surface area contributed by atoms with Gasteiger partial charge in [0.15, 0.2) is 12.2 Å². The standard InChI is InChI=1S/2C8H12O5.2C5H14NO.C3H4O4.2C3H8O3/c2*1-4-7(12-5(2)9)8(11)13-6(3)10;2*1-6(2,3)4-5-7;4-2(5)1-3(6)7;2*4-1-3(6)2-5/h2*7H,4H2,1-3H3;2*7H,4-5H2,1-3H3;1H2,(H,4,5)(H,6,7);2*3-6H,1-2H2/q;;2*+1;;;/p-2. The number of ether oxygens (including phenoxy) is 4. The molecule has 0 rings (SSSR count). The fourth-order valence-corrected chi connectivity index (χ4v) is 2.24. The number of carbonyl (C=O) groups excluding carboxylic acids is 8. The number of nitrogens with zero attached hydrogens (tertiary/aromatic N) is 2. The average molecular weight is 871 g/mol. The lowest BCUT2D eigenvalue weighted by Crippen LogP contribution is -2.36. The second-order valence-electron chi connectivity index (χ2n) is 13.3. The van der Waals surface area contributed by atoms with Crippen LogP contribution in [0, 0.1) is 0 Å². The van der Waals surface area contributed by atoms with Crippen molar-refractivity contribution in [2.45, 2.75) is 85.2 Å². The number of rotatable bonds is 16. The van der Waals surface area contributed by atoms with E-state index in [9.17, 15) is 48.6 Å². The molecule has 0 aromatic heterocycles. The van der Waals surface area contributed by atoms with Crippen LogP contribution in [0.3, 0.4) is 0 Å². The summed E-state index contributed by atoms with van der Waals surface area (Å²) < 4.78 is 19.4. The zero-order valence-electron chi connectivity index (χ0n) is 36.3. The van der Waals surface area contributed by atoms with E-state index in [0.29, 0.717) is 0 Å². The van der Waals surface area contributed by atoms with Crippen LogP contribution in [-0.2, 0) is 57.3 Å². The first-order valence-corrected chi connectivity index (χ1v) is 17.6. The molecule has 8 N–H and O–H groups in total. The van der Waals surface area contributed by atoms with E-state index in [2.05, 4.69) is 61.2 Å². The molecular weight excluding hydrogens is 800 g/mol. The molecule has 0 aromatic carbocycles. The van der Waals surface area contributed by atoms with Crippen LogP contribution in [0.5, 0.6) is 0 Å². The number of carboxylic acid groups (broad SMARTS) is 2. The third kappa shape index (κ3) is 75.2. The van der Waals surface area contributed by atoms with Gasteiger partial charge >= 0.3 is 35.8 Å². The number of quaternary nitrogens is 2. The van der Waals surface area contributed by atoms with Gasteiger partial charge in [-0.2, -0.15) is 0 Å². The molecule has 0 fully saturated rings. The van der Waals surface area contributed by atoms with Crippen molar-refractivity contribution >= 4 is 47.8 Å². The molecule has 0 amide bonds. The van der Waals surface area contributed by atoms with Gasteiger partial charge in [-0.3, -0.25) is 19.2 Å². The largest absolute Gasteiger partial charge is 0.550 e. The molecule has 2 unspecified atom stereocenters. The highest BCUT2D eigenvalue weighted by molar-refractivity contribution is 5.88. The zero-order chi connectivity index (χ0) is 48.5. The zero-order valence-corrected chi connectivity index (χ0v) is 36.3. The van der Waals surface area contributed by atoms with E-state index >= 15 is 0 Å². The molecule has 0 aliphatic heterocycles. The van der Waals surface area contributed by atoms with Gasteiger partial charge in [0.25, 0.3) is 0 Å². The molecule has 2 atom stereocenters. The summed E-state index contributed by atoms with van der Waals surface area (Å²) in [6.07, 6.45) is -4.34.